The molecule has 5 heteroatoms. The maximum atomic E-state index is 12.2. The number of anilines is 1. The van der Waals surface area contributed by atoms with Crippen LogP contribution in [0.15, 0.2) is 11.4 Å². The van der Waals surface area contributed by atoms with Crippen LogP contribution >= 0.6 is 11.3 Å². The number of nitrogens with two attached hydrogens (primary N) is 1. The van der Waals surface area contributed by atoms with Gasteiger partial charge in [-0.15, -0.1) is 11.3 Å². The predicted molar refractivity (Wildman–Crippen MR) is 75.9 cm³/mol. The lowest BCUT2D eigenvalue weighted by Crippen LogP contribution is -2.37. The van der Waals surface area contributed by atoms with E-state index < -0.39 is 0 Å². The standard InChI is InChI=1S/C13H21N3OS/c1-15-6-3-10(4-7-15)9-16(2)13(17)12-11(14)5-8-18-12/h5,8,10H,3-4,6-7,9,14H2,1-2H3. The molecule has 4 nitrogen and oxygen atoms in total. The van der Waals surface area contributed by atoms with Crippen LogP contribution in [0.2, 0.25) is 0 Å². The maximum absolute atomic E-state index is 12.2. The number of nitrogen functional groups attached to an aromatic ring is 1. The molecule has 0 radical (unpaired) electrons. The van der Waals surface area contributed by atoms with Crippen molar-refractivity contribution in [3.63, 3.8) is 0 Å². The van der Waals surface area contributed by atoms with Crippen LogP contribution in [-0.2, 0) is 0 Å². The number of amides is 1. The van der Waals surface area contributed by atoms with Crippen LogP contribution in [0.1, 0.15) is 22.5 Å². The molecule has 18 heavy (non-hydrogen) atoms. The molecule has 0 saturated carbocycles. The number of carbonyl (C=O) groups is 1. The van der Waals surface area contributed by atoms with Gasteiger partial charge in [-0.05, 0) is 50.3 Å². The lowest BCUT2D eigenvalue weighted by molar-refractivity contribution is 0.0753. The summed E-state index contributed by atoms with van der Waals surface area (Å²) in [6, 6.07) is 1.79. The van der Waals surface area contributed by atoms with Crippen molar-refractivity contribution in [2.75, 3.05) is 39.5 Å². The molecular formula is C13H21N3OS. The van der Waals surface area contributed by atoms with Crippen LogP contribution in [0, 0.1) is 5.92 Å². The van der Waals surface area contributed by atoms with Crippen LogP contribution in [0.5, 0.6) is 0 Å². The summed E-state index contributed by atoms with van der Waals surface area (Å²) in [7, 11) is 4.03. The molecule has 1 aliphatic rings. The fourth-order valence-electron chi connectivity index (χ4n) is 2.38. The Labute approximate surface area is 112 Å². The Morgan fingerprint density at radius 2 is 2.22 bits per heavy atom. The largest absolute Gasteiger partial charge is 0.397 e. The number of hydrogen-bond donors (Lipinski definition) is 1. The Morgan fingerprint density at radius 3 is 2.78 bits per heavy atom. The van der Waals surface area contributed by atoms with Crippen LogP contribution < -0.4 is 5.73 Å². The van der Waals surface area contributed by atoms with Crippen LogP contribution in [0.4, 0.5) is 5.69 Å². The summed E-state index contributed by atoms with van der Waals surface area (Å²) in [5.41, 5.74) is 6.38. The number of rotatable bonds is 3. The first-order valence-electron chi connectivity index (χ1n) is 6.35. The summed E-state index contributed by atoms with van der Waals surface area (Å²) in [5.74, 6) is 0.678. The van der Waals surface area contributed by atoms with Gasteiger partial charge in [0.1, 0.15) is 4.88 Å². The second kappa shape index (κ2) is 5.71. The van der Waals surface area contributed by atoms with Crippen molar-refractivity contribution in [2.45, 2.75) is 12.8 Å². The van der Waals surface area contributed by atoms with E-state index in [9.17, 15) is 4.79 Å². The normalized spacial score (nSPS) is 17.9. The number of likely N-dealkylation sites (tertiary alicyclic amines) is 1. The minimum Gasteiger partial charge on any atom is -0.397 e. The van der Waals surface area contributed by atoms with Gasteiger partial charge in [-0.3, -0.25) is 4.79 Å². The molecule has 0 aliphatic carbocycles. The molecule has 100 valence electrons. The molecule has 0 atom stereocenters. The molecule has 1 aliphatic heterocycles. The molecule has 1 saturated heterocycles. The highest BCUT2D eigenvalue weighted by Gasteiger charge is 2.22. The summed E-state index contributed by atoms with van der Waals surface area (Å²) in [6.45, 7) is 3.10. The zero-order valence-corrected chi connectivity index (χ0v) is 11.9. The predicted octanol–water partition coefficient (Wildman–Crippen LogP) is 1.74. The fourth-order valence-corrected chi connectivity index (χ4v) is 3.19. The maximum Gasteiger partial charge on any atom is 0.265 e. The summed E-state index contributed by atoms with van der Waals surface area (Å²) < 4.78 is 0. The molecule has 0 unspecified atom stereocenters. The monoisotopic (exact) mass is 267 g/mol. The highest BCUT2D eigenvalue weighted by Crippen LogP contribution is 2.22. The van der Waals surface area contributed by atoms with Crippen molar-refractivity contribution in [1.29, 1.82) is 0 Å². The second-order valence-electron chi connectivity index (χ2n) is 5.14. The van der Waals surface area contributed by atoms with E-state index in [1.165, 1.54) is 24.2 Å². The Kier molecular flexibility index (Phi) is 4.24. The smallest absolute Gasteiger partial charge is 0.265 e. The van der Waals surface area contributed by atoms with Gasteiger partial charge < -0.3 is 15.5 Å². The van der Waals surface area contributed by atoms with Crippen molar-refractivity contribution in [2.24, 2.45) is 5.92 Å². The Hall–Kier alpha value is -1.07. The van der Waals surface area contributed by atoms with Crippen LogP contribution in [0.25, 0.3) is 0 Å². The zero-order valence-electron chi connectivity index (χ0n) is 11.1. The zero-order chi connectivity index (χ0) is 13.1. The average Bonchev–Trinajstić information content (AvgIpc) is 2.77. The van der Waals surface area contributed by atoms with Crippen LogP contribution in [0.3, 0.4) is 0 Å². The molecule has 2 rings (SSSR count). The van der Waals surface area contributed by atoms with Gasteiger partial charge in [-0.1, -0.05) is 0 Å². The molecule has 1 aromatic heterocycles. The number of carbonyl (C=O) groups excluding carboxylic acids is 1. The molecule has 0 bridgehead atoms. The lowest BCUT2D eigenvalue weighted by atomic mass is 9.96. The summed E-state index contributed by atoms with van der Waals surface area (Å²) >= 11 is 1.42. The first kappa shape index (κ1) is 13.4. The number of thiophene rings is 1. The number of hydrogen-bond acceptors (Lipinski definition) is 4. The van der Waals surface area contributed by atoms with Crippen molar-refractivity contribution >= 4 is 22.9 Å². The first-order chi connectivity index (χ1) is 8.58. The molecule has 2 N–H and O–H groups in total. The molecule has 1 amide bonds. The number of nitrogens with zero attached hydrogens (tertiary/aromatic N) is 2. The van der Waals surface area contributed by atoms with Crippen molar-refractivity contribution in [3.8, 4) is 0 Å². The lowest BCUT2D eigenvalue weighted by Gasteiger charge is -2.31. The molecule has 1 fully saturated rings. The third-order valence-corrected chi connectivity index (χ3v) is 4.53. The van der Waals surface area contributed by atoms with Gasteiger partial charge in [0.05, 0.1) is 5.69 Å². The van der Waals surface area contributed by atoms with E-state index in [1.54, 1.807) is 6.07 Å². The molecular weight excluding hydrogens is 246 g/mol. The SMILES string of the molecule is CN1CCC(CN(C)C(=O)c2sccc2N)CC1. The highest BCUT2D eigenvalue weighted by molar-refractivity contribution is 7.12. The minimum absolute atomic E-state index is 0.0569. The van der Waals surface area contributed by atoms with Gasteiger partial charge in [0.25, 0.3) is 5.91 Å². The third kappa shape index (κ3) is 3.03. The Bertz CT molecular complexity index is 410. The minimum atomic E-state index is 0.0569. The summed E-state index contributed by atoms with van der Waals surface area (Å²) in [4.78, 5) is 17.0. The van der Waals surface area contributed by atoms with Crippen molar-refractivity contribution in [3.05, 3.63) is 16.3 Å². The Morgan fingerprint density at radius 1 is 1.56 bits per heavy atom. The van der Waals surface area contributed by atoms with E-state index in [0.717, 1.165) is 19.6 Å². The van der Waals surface area contributed by atoms with E-state index in [4.69, 9.17) is 5.73 Å². The Balaban J connectivity index is 1.90. The molecule has 1 aromatic rings. The van der Waals surface area contributed by atoms with Crippen molar-refractivity contribution in [1.82, 2.24) is 9.80 Å². The number of piperidine rings is 1. The molecule has 0 spiro atoms. The summed E-state index contributed by atoms with van der Waals surface area (Å²) in [6.07, 6.45) is 2.35. The van der Waals surface area contributed by atoms with Gasteiger partial charge in [-0.2, -0.15) is 0 Å². The second-order valence-corrected chi connectivity index (χ2v) is 6.05. The van der Waals surface area contributed by atoms with E-state index in [0.29, 0.717) is 16.5 Å². The van der Waals surface area contributed by atoms with Crippen molar-refractivity contribution < 1.29 is 4.79 Å². The van der Waals surface area contributed by atoms with Gasteiger partial charge in [0.15, 0.2) is 0 Å². The quantitative estimate of drug-likeness (QED) is 0.907. The highest BCUT2D eigenvalue weighted by atomic mass is 32.1. The van der Waals surface area contributed by atoms with E-state index in [2.05, 4.69) is 11.9 Å². The molecule has 0 aromatic carbocycles. The van der Waals surface area contributed by atoms with Gasteiger partial charge in [-0.25, -0.2) is 0 Å². The van der Waals surface area contributed by atoms with Crippen LogP contribution in [-0.4, -0.2) is 49.4 Å². The first-order valence-corrected chi connectivity index (χ1v) is 7.23. The van der Waals surface area contributed by atoms with E-state index >= 15 is 0 Å². The fraction of sp³-hybridized carbons (Fsp3) is 0.615. The van der Waals surface area contributed by atoms with Gasteiger partial charge in [0.2, 0.25) is 0 Å². The summed E-state index contributed by atoms with van der Waals surface area (Å²) in [5, 5.41) is 1.87. The third-order valence-electron chi connectivity index (χ3n) is 3.61. The average molecular weight is 267 g/mol. The van der Waals surface area contributed by atoms with Gasteiger partial charge in [0, 0.05) is 13.6 Å². The molecule has 2 heterocycles. The van der Waals surface area contributed by atoms with Gasteiger partial charge >= 0.3 is 0 Å². The van der Waals surface area contributed by atoms with E-state index in [1.807, 2.05) is 17.3 Å². The van der Waals surface area contributed by atoms with E-state index in [-0.39, 0.29) is 5.91 Å². The topological polar surface area (TPSA) is 49.6 Å².